The molecule has 7 heteroatoms. The molecule has 0 saturated heterocycles. The molecule has 0 atom stereocenters. The number of ether oxygens (including phenoxy) is 1. The van der Waals surface area contributed by atoms with E-state index < -0.39 is 6.09 Å². The maximum absolute atomic E-state index is 12.5. The van der Waals surface area contributed by atoms with E-state index in [2.05, 4.69) is 10.6 Å². The van der Waals surface area contributed by atoms with Crippen LogP contribution in [-0.4, -0.2) is 35.9 Å². The van der Waals surface area contributed by atoms with Crippen molar-refractivity contribution < 1.29 is 19.1 Å². The lowest BCUT2D eigenvalue weighted by atomic mass is 10.1. The van der Waals surface area contributed by atoms with Crippen LogP contribution in [0.15, 0.2) is 78.9 Å². The van der Waals surface area contributed by atoms with Gasteiger partial charge in [-0.05, 0) is 48.2 Å². The molecular formula is C28H29N3O4. The normalized spacial score (nSPS) is 12.5. The summed E-state index contributed by atoms with van der Waals surface area (Å²) in [5, 5.41) is 6.16. The van der Waals surface area contributed by atoms with Crippen LogP contribution in [0.5, 0.6) is 0 Å². The van der Waals surface area contributed by atoms with Crippen molar-refractivity contribution in [1.29, 1.82) is 0 Å². The summed E-state index contributed by atoms with van der Waals surface area (Å²) in [7, 11) is 0. The Bertz CT molecular complexity index is 1130. The fourth-order valence-electron chi connectivity index (χ4n) is 3.90. The van der Waals surface area contributed by atoms with E-state index >= 15 is 0 Å². The van der Waals surface area contributed by atoms with E-state index in [1.807, 2.05) is 54.6 Å². The number of amides is 3. The van der Waals surface area contributed by atoms with Gasteiger partial charge in [0, 0.05) is 13.1 Å². The van der Waals surface area contributed by atoms with E-state index in [1.54, 1.807) is 24.3 Å². The number of alkyl carbamates (subject to hydrolysis) is 1. The number of carbonyl (C=O) groups is 3. The van der Waals surface area contributed by atoms with E-state index in [-0.39, 0.29) is 25.0 Å². The Balaban J connectivity index is 1.09. The van der Waals surface area contributed by atoms with Crippen LogP contribution in [-0.2, 0) is 24.4 Å². The zero-order valence-electron chi connectivity index (χ0n) is 19.5. The fraction of sp³-hybridized carbons (Fsp3) is 0.250. The summed E-state index contributed by atoms with van der Waals surface area (Å²) in [6, 6.07) is 24.4. The molecule has 2 N–H and O–H groups in total. The maximum atomic E-state index is 12.5. The first-order valence-corrected chi connectivity index (χ1v) is 11.8. The van der Waals surface area contributed by atoms with Crippen LogP contribution in [0.3, 0.4) is 0 Å². The van der Waals surface area contributed by atoms with E-state index in [9.17, 15) is 14.4 Å². The van der Waals surface area contributed by atoms with E-state index in [1.165, 1.54) is 4.90 Å². The highest BCUT2D eigenvalue weighted by molar-refractivity contribution is 6.21. The predicted molar refractivity (Wildman–Crippen MR) is 133 cm³/mol. The molecule has 0 bridgehead atoms. The summed E-state index contributed by atoms with van der Waals surface area (Å²) >= 11 is 0. The number of imide groups is 1. The molecule has 3 aromatic rings. The number of hydrogen-bond acceptors (Lipinski definition) is 5. The number of benzene rings is 3. The monoisotopic (exact) mass is 471 g/mol. The standard InChI is InChI=1S/C28H29N3O4/c32-26-24-10-4-5-11-25(24)27(33)31(26)19-22-14-12-21(13-15-22)18-29-16-6-7-17-30-28(34)35-20-23-8-2-1-3-9-23/h1-5,8-15,29H,6-7,16-20H2,(H,30,34). The van der Waals surface area contributed by atoms with Crippen molar-refractivity contribution >= 4 is 17.9 Å². The molecule has 7 nitrogen and oxygen atoms in total. The summed E-state index contributed by atoms with van der Waals surface area (Å²) in [5.74, 6) is -0.481. The minimum Gasteiger partial charge on any atom is -0.445 e. The Morgan fingerprint density at radius 2 is 1.31 bits per heavy atom. The lowest BCUT2D eigenvalue weighted by Gasteiger charge is -2.14. The van der Waals surface area contributed by atoms with Crippen molar-refractivity contribution in [2.75, 3.05) is 13.1 Å². The smallest absolute Gasteiger partial charge is 0.407 e. The quantitative estimate of drug-likeness (QED) is 0.322. The van der Waals surface area contributed by atoms with Crippen LogP contribution in [0, 0.1) is 0 Å². The van der Waals surface area contributed by atoms with E-state index in [4.69, 9.17) is 4.74 Å². The molecule has 0 saturated carbocycles. The van der Waals surface area contributed by atoms with Gasteiger partial charge in [-0.1, -0.05) is 66.7 Å². The van der Waals surface area contributed by atoms with Gasteiger partial charge < -0.3 is 15.4 Å². The van der Waals surface area contributed by atoms with Crippen LogP contribution in [0.1, 0.15) is 50.2 Å². The Labute approximate surface area is 205 Å². The van der Waals surface area contributed by atoms with Crippen LogP contribution in [0.25, 0.3) is 0 Å². The van der Waals surface area contributed by atoms with Gasteiger partial charge in [0.1, 0.15) is 6.61 Å². The Kier molecular flexibility index (Phi) is 8.25. The molecule has 4 rings (SSSR count). The highest BCUT2D eigenvalue weighted by Gasteiger charge is 2.34. The number of nitrogens with zero attached hydrogens (tertiary/aromatic N) is 1. The molecule has 3 amide bonds. The van der Waals surface area contributed by atoms with Crippen molar-refractivity contribution in [2.45, 2.75) is 32.5 Å². The first-order chi connectivity index (χ1) is 17.1. The second-order valence-electron chi connectivity index (χ2n) is 8.43. The molecule has 1 aliphatic heterocycles. The average molecular weight is 472 g/mol. The van der Waals surface area contributed by atoms with Crippen molar-refractivity contribution in [1.82, 2.24) is 15.5 Å². The van der Waals surface area contributed by atoms with Crippen molar-refractivity contribution in [3.05, 3.63) is 107 Å². The third-order valence-corrected chi connectivity index (χ3v) is 5.83. The van der Waals surface area contributed by atoms with Gasteiger partial charge in [-0.25, -0.2) is 4.79 Å². The van der Waals surface area contributed by atoms with Gasteiger partial charge in [-0.3, -0.25) is 14.5 Å². The van der Waals surface area contributed by atoms with Gasteiger partial charge in [0.2, 0.25) is 0 Å². The number of hydrogen-bond donors (Lipinski definition) is 2. The predicted octanol–water partition coefficient (Wildman–Crippen LogP) is 4.28. The van der Waals surface area contributed by atoms with E-state index in [0.29, 0.717) is 17.7 Å². The molecule has 180 valence electrons. The molecular weight excluding hydrogens is 442 g/mol. The van der Waals surface area contributed by atoms with Gasteiger partial charge in [0.05, 0.1) is 17.7 Å². The van der Waals surface area contributed by atoms with Crippen LogP contribution in [0.4, 0.5) is 4.79 Å². The van der Waals surface area contributed by atoms with Gasteiger partial charge >= 0.3 is 6.09 Å². The molecule has 35 heavy (non-hydrogen) atoms. The highest BCUT2D eigenvalue weighted by Crippen LogP contribution is 2.24. The number of rotatable bonds is 11. The zero-order valence-corrected chi connectivity index (χ0v) is 19.5. The molecule has 0 aliphatic carbocycles. The second-order valence-corrected chi connectivity index (χ2v) is 8.43. The number of unbranched alkanes of at least 4 members (excludes halogenated alkanes) is 1. The van der Waals surface area contributed by atoms with Crippen LogP contribution < -0.4 is 10.6 Å². The van der Waals surface area contributed by atoms with E-state index in [0.717, 1.165) is 42.6 Å². The minimum atomic E-state index is -0.400. The summed E-state index contributed by atoms with van der Waals surface area (Å²) in [6.07, 6.45) is 1.38. The minimum absolute atomic E-state index is 0.240. The molecule has 0 unspecified atom stereocenters. The molecule has 1 heterocycles. The Hall–Kier alpha value is -3.97. The Morgan fingerprint density at radius 3 is 2.00 bits per heavy atom. The summed E-state index contributed by atoms with van der Waals surface area (Å²) < 4.78 is 5.19. The van der Waals surface area contributed by atoms with Crippen molar-refractivity contribution in [3.8, 4) is 0 Å². The molecule has 0 spiro atoms. The number of carbonyl (C=O) groups excluding carboxylic acids is 3. The SMILES string of the molecule is O=C(NCCCCNCc1ccc(CN2C(=O)c3ccccc3C2=O)cc1)OCc1ccccc1. The Morgan fingerprint density at radius 1 is 0.714 bits per heavy atom. The largest absolute Gasteiger partial charge is 0.445 e. The fourth-order valence-corrected chi connectivity index (χ4v) is 3.90. The molecule has 1 aliphatic rings. The van der Waals surface area contributed by atoms with Crippen molar-refractivity contribution in [3.63, 3.8) is 0 Å². The maximum Gasteiger partial charge on any atom is 0.407 e. The van der Waals surface area contributed by atoms with Gasteiger partial charge in [0.25, 0.3) is 11.8 Å². The first-order valence-electron chi connectivity index (χ1n) is 11.8. The molecule has 0 radical (unpaired) electrons. The molecule has 3 aromatic carbocycles. The number of nitrogens with one attached hydrogen (secondary N) is 2. The second kappa shape index (κ2) is 11.9. The third kappa shape index (κ3) is 6.55. The molecule has 0 fully saturated rings. The zero-order chi connectivity index (χ0) is 24.5. The summed E-state index contributed by atoms with van der Waals surface area (Å²) in [4.78, 5) is 38.1. The van der Waals surface area contributed by atoms with Gasteiger partial charge in [-0.15, -0.1) is 0 Å². The summed E-state index contributed by atoms with van der Waals surface area (Å²) in [6.45, 7) is 2.66. The average Bonchev–Trinajstić information content (AvgIpc) is 3.13. The summed E-state index contributed by atoms with van der Waals surface area (Å²) in [5.41, 5.74) is 3.94. The topological polar surface area (TPSA) is 87.7 Å². The highest BCUT2D eigenvalue weighted by atomic mass is 16.5. The van der Waals surface area contributed by atoms with Gasteiger partial charge in [0.15, 0.2) is 0 Å². The first kappa shape index (κ1) is 24.2. The van der Waals surface area contributed by atoms with Gasteiger partial charge in [-0.2, -0.15) is 0 Å². The third-order valence-electron chi connectivity index (χ3n) is 5.83. The number of fused-ring (bicyclic) bond motifs is 1. The lowest BCUT2D eigenvalue weighted by molar-refractivity contribution is 0.0642. The van der Waals surface area contributed by atoms with Crippen LogP contribution >= 0.6 is 0 Å². The lowest BCUT2D eigenvalue weighted by Crippen LogP contribution is -2.29. The molecule has 0 aromatic heterocycles. The van der Waals surface area contributed by atoms with Crippen molar-refractivity contribution in [2.24, 2.45) is 0 Å². The van der Waals surface area contributed by atoms with Crippen LogP contribution in [0.2, 0.25) is 0 Å².